The smallest absolute Gasteiger partial charge is 0.380 e. The van der Waals surface area contributed by atoms with Crippen LogP contribution in [-0.4, -0.2) is 24.2 Å². The Morgan fingerprint density at radius 2 is 1.62 bits per heavy atom. The molecule has 0 aromatic rings. The monoisotopic (exact) mass is 304 g/mol. The van der Waals surface area contributed by atoms with Gasteiger partial charge in [0, 0.05) is 6.61 Å². The molecule has 0 aliphatic carbocycles. The van der Waals surface area contributed by atoms with Crippen LogP contribution in [0.4, 0.5) is 13.2 Å². The number of unbranched alkanes of at least 4 members (excludes halogenated alkanes) is 5. The minimum Gasteiger partial charge on any atom is -0.380 e. The van der Waals surface area contributed by atoms with E-state index in [-0.39, 0.29) is 6.61 Å². The number of rotatable bonds is 9. The molecule has 16 heavy (non-hydrogen) atoms. The van der Waals surface area contributed by atoms with Crippen LogP contribution in [0.3, 0.4) is 0 Å². The summed E-state index contributed by atoms with van der Waals surface area (Å²) in [5.41, 5.74) is 0. The maximum atomic E-state index is 12.0. The Balaban J connectivity index is 3.21. The number of alkyl halides is 4. The minimum absolute atomic E-state index is 0.293. The molecule has 0 aliphatic heterocycles. The summed E-state index contributed by atoms with van der Waals surface area (Å²) in [6, 6.07) is 0. The van der Waals surface area contributed by atoms with Gasteiger partial charge in [0.2, 0.25) is 0 Å². The molecule has 0 spiro atoms. The third-order valence-electron chi connectivity index (χ3n) is 2.26. The van der Waals surface area contributed by atoms with Crippen LogP contribution in [0.5, 0.6) is 0 Å². The van der Waals surface area contributed by atoms with Crippen molar-refractivity contribution in [1.82, 2.24) is 0 Å². The van der Waals surface area contributed by atoms with Crippen LogP contribution >= 0.6 is 15.9 Å². The fourth-order valence-electron chi connectivity index (χ4n) is 1.27. The molecule has 0 fully saturated rings. The van der Waals surface area contributed by atoms with Gasteiger partial charge in [0.05, 0.1) is 6.61 Å². The maximum Gasteiger partial charge on any atom is 0.403 e. The first-order chi connectivity index (χ1) is 7.48. The van der Waals surface area contributed by atoms with E-state index >= 15 is 0 Å². The Hall–Kier alpha value is 0.230. The molecule has 0 aromatic heterocycles. The predicted molar refractivity (Wildman–Crippen MR) is 63.0 cm³/mol. The van der Waals surface area contributed by atoms with Gasteiger partial charge in [-0.25, -0.2) is 0 Å². The second-order valence-electron chi connectivity index (χ2n) is 3.85. The minimum atomic E-state index is -4.21. The third-order valence-corrected chi connectivity index (χ3v) is 3.05. The molecule has 0 radical (unpaired) electrons. The first-order valence-corrected chi connectivity index (χ1v) is 6.68. The summed E-state index contributed by atoms with van der Waals surface area (Å²) in [7, 11) is 0. The molecule has 1 atom stereocenters. The summed E-state index contributed by atoms with van der Waals surface area (Å²) in [5, 5.41) is 0. The van der Waals surface area contributed by atoms with E-state index in [1.165, 1.54) is 19.3 Å². The molecule has 0 aromatic carbocycles. The van der Waals surface area contributed by atoms with Crippen molar-refractivity contribution in [3.05, 3.63) is 0 Å². The molecule has 0 rings (SSSR count). The quantitative estimate of drug-likeness (QED) is 0.443. The van der Waals surface area contributed by atoms with Gasteiger partial charge in [-0.3, -0.25) is 0 Å². The summed E-state index contributed by atoms with van der Waals surface area (Å²) >= 11 is 2.55. The molecule has 0 saturated carbocycles. The SMILES string of the molecule is CCCCCCCCOCC(Br)C(F)(F)F. The van der Waals surface area contributed by atoms with Gasteiger partial charge < -0.3 is 4.74 Å². The molecular formula is C11H20BrF3O. The van der Waals surface area contributed by atoms with Crippen molar-refractivity contribution in [2.75, 3.05) is 13.2 Å². The van der Waals surface area contributed by atoms with E-state index in [0.29, 0.717) is 6.61 Å². The third kappa shape index (κ3) is 9.46. The maximum absolute atomic E-state index is 12.0. The zero-order chi connectivity index (χ0) is 12.4. The normalized spacial score (nSPS) is 14.1. The number of hydrogen-bond donors (Lipinski definition) is 0. The Morgan fingerprint density at radius 3 is 2.19 bits per heavy atom. The van der Waals surface area contributed by atoms with Crippen molar-refractivity contribution >= 4 is 15.9 Å². The van der Waals surface area contributed by atoms with E-state index in [2.05, 4.69) is 22.9 Å². The molecule has 0 N–H and O–H groups in total. The highest BCUT2D eigenvalue weighted by Gasteiger charge is 2.37. The van der Waals surface area contributed by atoms with Gasteiger partial charge in [0.25, 0.3) is 0 Å². The highest BCUT2D eigenvalue weighted by Crippen LogP contribution is 2.26. The number of ether oxygens (including phenoxy) is 1. The molecule has 0 heterocycles. The first-order valence-electron chi connectivity index (χ1n) is 5.77. The lowest BCUT2D eigenvalue weighted by Crippen LogP contribution is -2.27. The molecule has 98 valence electrons. The summed E-state index contributed by atoms with van der Waals surface area (Å²) in [4.78, 5) is -1.54. The van der Waals surface area contributed by atoms with Crippen molar-refractivity contribution in [3.63, 3.8) is 0 Å². The van der Waals surface area contributed by atoms with Gasteiger partial charge in [-0.1, -0.05) is 55.0 Å². The standard InChI is InChI=1S/C11H20BrF3O/c1-2-3-4-5-6-7-8-16-9-10(12)11(13,14)15/h10H,2-9H2,1H3. The van der Waals surface area contributed by atoms with Gasteiger partial charge in [-0.05, 0) is 6.42 Å². The van der Waals surface area contributed by atoms with Crippen LogP contribution in [-0.2, 0) is 4.74 Å². The van der Waals surface area contributed by atoms with Crippen molar-refractivity contribution in [2.24, 2.45) is 0 Å². The van der Waals surface area contributed by atoms with Gasteiger partial charge >= 0.3 is 6.18 Å². The van der Waals surface area contributed by atoms with E-state index in [9.17, 15) is 13.2 Å². The van der Waals surface area contributed by atoms with Gasteiger partial charge in [0.15, 0.2) is 0 Å². The van der Waals surface area contributed by atoms with Gasteiger partial charge in [0.1, 0.15) is 4.83 Å². The lowest BCUT2D eigenvalue weighted by Gasteiger charge is -2.13. The van der Waals surface area contributed by atoms with E-state index in [4.69, 9.17) is 4.74 Å². The Labute approximate surface area is 104 Å². The van der Waals surface area contributed by atoms with Gasteiger partial charge in [-0.2, -0.15) is 13.2 Å². The predicted octanol–water partition coefficient (Wildman–Crippen LogP) is 4.69. The second kappa shape index (κ2) is 9.28. The number of hydrogen-bond acceptors (Lipinski definition) is 1. The largest absolute Gasteiger partial charge is 0.403 e. The Bertz CT molecular complexity index is 162. The van der Waals surface area contributed by atoms with Crippen molar-refractivity contribution in [1.29, 1.82) is 0 Å². The van der Waals surface area contributed by atoms with E-state index in [1.54, 1.807) is 0 Å². The van der Waals surface area contributed by atoms with Crippen LogP contribution in [0.1, 0.15) is 45.4 Å². The fraction of sp³-hybridized carbons (Fsp3) is 1.00. The first kappa shape index (κ1) is 16.2. The molecule has 5 heteroatoms. The van der Waals surface area contributed by atoms with Crippen LogP contribution in [0.2, 0.25) is 0 Å². The number of halogens is 4. The van der Waals surface area contributed by atoms with Crippen molar-refractivity contribution in [3.8, 4) is 0 Å². The Morgan fingerprint density at radius 1 is 1.06 bits per heavy atom. The molecule has 1 unspecified atom stereocenters. The lowest BCUT2D eigenvalue weighted by molar-refractivity contribution is -0.137. The molecular weight excluding hydrogens is 285 g/mol. The molecule has 0 saturated heterocycles. The Kier molecular flexibility index (Phi) is 9.41. The zero-order valence-electron chi connectivity index (χ0n) is 9.65. The molecule has 0 aliphatic rings. The van der Waals surface area contributed by atoms with Crippen molar-refractivity contribution in [2.45, 2.75) is 56.5 Å². The lowest BCUT2D eigenvalue weighted by atomic mass is 10.1. The van der Waals surface area contributed by atoms with Crippen LogP contribution in [0.25, 0.3) is 0 Å². The summed E-state index contributed by atoms with van der Waals surface area (Å²) in [5.74, 6) is 0. The fourth-order valence-corrected chi connectivity index (χ4v) is 1.45. The van der Waals surface area contributed by atoms with E-state index in [1.807, 2.05) is 0 Å². The van der Waals surface area contributed by atoms with E-state index in [0.717, 1.165) is 19.3 Å². The molecule has 0 bridgehead atoms. The van der Waals surface area contributed by atoms with Gasteiger partial charge in [-0.15, -0.1) is 0 Å². The molecule has 1 nitrogen and oxygen atoms in total. The average molecular weight is 305 g/mol. The highest BCUT2D eigenvalue weighted by atomic mass is 79.9. The van der Waals surface area contributed by atoms with Crippen molar-refractivity contribution < 1.29 is 17.9 Å². The van der Waals surface area contributed by atoms with E-state index < -0.39 is 11.0 Å². The van der Waals surface area contributed by atoms with Crippen LogP contribution < -0.4 is 0 Å². The van der Waals surface area contributed by atoms with Crippen LogP contribution in [0.15, 0.2) is 0 Å². The molecule has 0 amide bonds. The second-order valence-corrected chi connectivity index (χ2v) is 4.96. The highest BCUT2D eigenvalue weighted by molar-refractivity contribution is 9.09. The summed E-state index contributed by atoms with van der Waals surface area (Å²) in [6.07, 6.45) is 2.47. The topological polar surface area (TPSA) is 9.23 Å². The zero-order valence-corrected chi connectivity index (χ0v) is 11.2. The summed E-state index contributed by atoms with van der Waals surface area (Å²) < 4.78 is 41.1. The van der Waals surface area contributed by atoms with Crippen LogP contribution in [0, 0.1) is 0 Å². The average Bonchev–Trinajstić information content (AvgIpc) is 2.20. The summed E-state index contributed by atoms with van der Waals surface area (Å²) in [6.45, 7) is 2.28.